The summed E-state index contributed by atoms with van der Waals surface area (Å²) in [7, 11) is 1.62. The Labute approximate surface area is 129 Å². The van der Waals surface area contributed by atoms with Crippen molar-refractivity contribution in [3.8, 4) is 5.75 Å². The van der Waals surface area contributed by atoms with Crippen molar-refractivity contribution in [1.29, 1.82) is 0 Å². The lowest BCUT2D eigenvalue weighted by Gasteiger charge is -2.03. The number of ether oxygens (including phenoxy) is 1. The van der Waals surface area contributed by atoms with E-state index < -0.39 is 0 Å². The number of hydrogen-bond acceptors (Lipinski definition) is 3. The Balaban J connectivity index is 1.92. The van der Waals surface area contributed by atoms with Gasteiger partial charge < -0.3 is 10.1 Å². The maximum Gasteiger partial charge on any atom is 0.275 e. The summed E-state index contributed by atoms with van der Waals surface area (Å²) in [4.78, 5) is 16.5. The predicted molar refractivity (Wildman–Crippen MR) is 86.8 cm³/mol. The Hall–Kier alpha value is -2.88. The van der Waals surface area contributed by atoms with Gasteiger partial charge in [0.1, 0.15) is 17.3 Å². The molecule has 2 aromatic rings. The maximum absolute atomic E-state index is 12.1. The Morgan fingerprint density at radius 2 is 1.82 bits per heavy atom. The molecule has 2 aromatic carbocycles. The maximum atomic E-state index is 12.1. The van der Waals surface area contributed by atoms with Crippen LogP contribution in [0.1, 0.15) is 16.7 Å². The standard InChI is InChI=1S/C18H16N2O2/c1-12-5-3-4-6-15(12)17-19-16(18(21)20-17)11-13-7-9-14(22-2)10-8-13/h3-11H,1-2H3,(H,19,20,21)/b16-11+. The number of methoxy groups -OCH3 is 1. The fraction of sp³-hybridized carbons (Fsp3) is 0.111. The van der Waals surface area contributed by atoms with Crippen molar-refractivity contribution in [2.75, 3.05) is 7.11 Å². The summed E-state index contributed by atoms with van der Waals surface area (Å²) in [6, 6.07) is 15.3. The molecule has 0 unspecified atom stereocenters. The highest BCUT2D eigenvalue weighted by Gasteiger charge is 2.21. The van der Waals surface area contributed by atoms with E-state index in [1.165, 1.54) is 0 Å². The Bertz CT molecular complexity index is 774. The lowest BCUT2D eigenvalue weighted by molar-refractivity contribution is -0.115. The number of carbonyl (C=O) groups is 1. The zero-order chi connectivity index (χ0) is 15.5. The molecule has 1 aliphatic rings. The van der Waals surface area contributed by atoms with Crippen LogP contribution in [0.15, 0.2) is 59.2 Å². The normalized spacial score (nSPS) is 15.6. The van der Waals surface area contributed by atoms with Crippen LogP contribution < -0.4 is 10.1 Å². The molecule has 1 aliphatic heterocycles. The fourth-order valence-corrected chi connectivity index (χ4v) is 2.29. The third kappa shape index (κ3) is 2.76. The first-order chi connectivity index (χ1) is 10.7. The van der Waals surface area contributed by atoms with Crippen molar-refractivity contribution < 1.29 is 9.53 Å². The molecule has 1 N–H and O–H groups in total. The first kappa shape index (κ1) is 14.1. The number of benzene rings is 2. The molecular weight excluding hydrogens is 276 g/mol. The minimum absolute atomic E-state index is 0.186. The smallest absolute Gasteiger partial charge is 0.275 e. The number of hydrogen-bond donors (Lipinski definition) is 1. The van der Waals surface area contributed by atoms with Crippen molar-refractivity contribution in [2.45, 2.75) is 6.92 Å². The number of amidine groups is 1. The molecule has 3 rings (SSSR count). The Morgan fingerprint density at radius 3 is 2.50 bits per heavy atom. The van der Waals surface area contributed by atoms with Gasteiger partial charge in [0, 0.05) is 5.56 Å². The van der Waals surface area contributed by atoms with E-state index in [1.807, 2.05) is 55.5 Å². The predicted octanol–water partition coefficient (Wildman–Crippen LogP) is 2.92. The third-order valence-corrected chi connectivity index (χ3v) is 3.52. The van der Waals surface area contributed by atoms with Gasteiger partial charge in [-0.1, -0.05) is 36.4 Å². The highest BCUT2D eigenvalue weighted by atomic mass is 16.5. The van der Waals surface area contributed by atoms with Gasteiger partial charge in [-0.2, -0.15) is 0 Å². The number of carbonyl (C=O) groups excluding carboxylic acids is 1. The summed E-state index contributed by atoms with van der Waals surface area (Å²) >= 11 is 0. The number of aliphatic imine (C=N–C) groups is 1. The quantitative estimate of drug-likeness (QED) is 0.884. The molecule has 110 valence electrons. The van der Waals surface area contributed by atoms with E-state index in [-0.39, 0.29) is 5.91 Å². The van der Waals surface area contributed by atoms with Crippen molar-refractivity contribution in [3.63, 3.8) is 0 Å². The third-order valence-electron chi connectivity index (χ3n) is 3.52. The second-order valence-electron chi connectivity index (χ2n) is 5.03. The van der Waals surface area contributed by atoms with E-state index in [9.17, 15) is 4.79 Å². The van der Waals surface area contributed by atoms with E-state index in [2.05, 4.69) is 10.3 Å². The molecular formula is C18H16N2O2. The van der Waals surface area contributed by atoms with E-state index in [0.717, 1.165) is 22.4 Å². The van der Waals surface area contributed by atoms with Crippen LogP contribution in [0.2, 0.25) is 0 Å². The van der Waals surface area contributed by atoms with Gasteiger partial charge in [-0.05, 0) is 36.3 Å². The van der Waals surface area contributed by atoms with E-state index >= 15 is 0 Å². The molecule has 0 bridgehead atoms. The van der Waals surface area contributed by atoms with Crippen molar-refractivity contribution in [1.82, 2.24) is 5.32 Å². The van der Waals surface area contributed by atoms with Gasteiger partial charge in [-0.25, -0.2) is 4.99 Å². The zero-order valence-corrected chi connectivity index (χ0v) is 12.5. The number of aryl methyl sites for hydroxylation is 1. The zero-order valence-electron chi connectivity index (χ0n) is 12.5. The topological polar surface area (TPSA) is 50.7 Å². The van der Waals surface area contributed by atoms with Crippen LogP contribution in [0.4, 0.5) is 0 Å². The highest BCUT2D eigenvalue weighted by Crippen LogP contribution is 2.18. The van der Waals surface area contributed by atoms with Crippen LogP contribution >= 0.6 is 0 Å². The van der Waals surface area contributed by atoms with Crippen LogP contribution in [-0.4, -0.2) is 18.9 Å². The number of rotatable bonds is 3. The first-order valence-electron chi connectivity index (χ1n) is 6.99. The van der Waals surface area contributed by atoms with E-state index in [1.54, 1.807) is 13.2 Å². The lowest BCUT2D eigenvalue weighted by Crippen LogP contribution is -2.25. The molecule has 0 saturated heterocycles. The largest absolute Gasteiger partial charge is 0.497 e. The van der Waals surface area contributed by atoms with Crippen LogP contribution in [0.25, 0.3) is 6.08 Å². The number of nitrogens with one attached hydrogen (secondary N) is 1. The molecule has 4 nitrogen and oxygen atoms in total. The van der Waals surface area contributed by atoms with Crippen molar-refractivity contribution in [2.24, 2.45) is 4.99 Å². The first-order valence-corrected chi connectivity index (χ1v) is 6.99. The Kier molecular flexibility index (Phi) is 3.74. The van der Waals surface area contributed by atoms with Gasteiger partial charge in [0.15, 0.2) is 0 Å². The highest BCUT2D eigenvalue weighted by molar-refractivity contribution is 6.20. The van der Waals surface area contributed by atoms with Crippen LogP contribution in [0.5, 0.6) is 5.75 Å². The summed E-state index contributed by atoms with van der Waals surface area (Å²) < 4.78 is 5.12. The molecule has 0 aliphatic carbocycles. The van der Waals surface area contributed by atoms with Gasteiger partial charge in [0.05, 0.1) is 7.11 Å². The minimum atomic E-state index is -0.186. The molecule has 1 heterocycles. The molecule has 0 fully saturated rings. The average Bonchev–Trinajstić information content (AvgIpc) is 2.89. The molecule has 4 heteroatoms. The fourth-order valence-electron chi connectivity index (χ4n) is 2.29. The van der Waals surface area contributed by atoms with Gasteiger partial charge in [0.2, 0.25) is 0 Å². The van der Waals surface area contributed by atoms with Crippen LogP contribution in [0, 0.1) is 6.92 Å². The SMILES string of the molecule is COc1ccc(/C=C2/N=C(c3ccccc3C)NC2=O)cc1. The molecule has 0 spiro atoms. The number of amides is 1. The second-order valence-corrected chi connectivity index (χ2v) is 5.03. The van der Waals surface area contributed by atoms with Gasteiger partial charge in [-0.3, -0.25) is 4.79 Å². The van der Waals surface area contributed by atoms with Crippen LogP contribution in [0.3, 0.4) is 0 Å². The lowest BCUT2D eigenvalue weighted by atomic mass is 10.1. The van der Waals surface area contributed by atoms with Crippen molar-refractivity contribution in [3.05, 3.63) is 70.9 Å². The van der Waals surface area contributed by atoms with Gasteiger partial charge >= 0.3 is 0 Å². The van der Waals surface area contributed by atoms with Crippen LogP contribution in [-0.2, 0) is 4.79 Å². The second kappa shape index (κ2) is 5.85. The summed E-state index contributed by atoms with van der Waals surface area (Å²) in [5.74, 6) is 1.19. The summed E-state index contributed by atoms with van der Waals surface area (Å²) in [6.07, 6.45) is 1.76. The summed E-state index contributed by atoms with van der Waals surface area (Å²) in [6.45, 7) is 2.00. The van der Waals surface area contributed by atoms with Gasteiger partial charge in [0.25, 0.3) is 5.91 Å². The minimum Gasteiger partial charge on any atom is -0.497 e. The molecule has 22 heavy (non-hydrogen) atoms. The van der Waals surface area contributed by atoms with E-state index in [4.69, 9.17) is 4.74 Å². The molecule has 0 saturated carbocycles. The average molecular weight is 292 g/mol. The van der Waals surface area contributed by atoms with Crippen molar-refractivity contribution >= 4 is 17.8 Å². The van der Waals surface area contributed by atoms with Gasteiger partial charge in [-0.15, -0.1) is 0 Å². The molecule has 0 radical (unpaired) electrons. The molecule has 0 atom stereocenters. The number of nitrogens with zero attached hydrogens (tertiary/aromatic N) is 1. The summed E-state index contributed by atoms with van der Waals surface area (Å²) in [5.41, 5.74) is 3.32. The molecule has 0 aromatic heterocycles. The molecule has 1 amide bonds. The summed E-state index contributed by atoms with van der Waals surface area (Å²) in [5, 5.41) is 2.82. The monoisotopic (exact) mass is 292 g/mol. The Morgan fingerprint density at radius 1 is 1.09 bits per heavy atom. The van der Waals surface area contributed by atoms with E-state index in [0.29, 0.717) is 11.5 Å².